The molecule has 3 rings (SSSR count). The Kier molecular flexibility index (Phi) is 6.67. The second-order valence-electron chi connectivity index (χ2n) is 7.08. The van der Waals surface area contributed by atoms with Crippen molar-refractivity contribution in [2.75, 3.05) is 5.43 Å². The predicted molar refractivity (Wildman–Crippen MR) is 119 cm³/mol. The molecule has 0 atom stereocenters. The van der Waals surface area contributed by atoms with Crippen LogP contribution in [0, 0.1) is 44.2 Å². The van der Waals surface area contributed by atoms with Gasteiger partial charge in [0.25, 0.3) is 11.4 Å². The lowest BCUT2D eigenvalue weighted by molar-refractivity contribution is -0.693. The van der Waals surface area contributed by atoms with Gasteiger partial charge in [-0.3, -0.25) is 35.8 Å². The molecular formula is C21H19N6O6+. The minimum absolute atomic E-state index is 0.0310. The van der Waals surface area contributed by atoms with Crippen molar-refractivity contribution in [2.24, 2.45) is 5.10 Å². The molecular weight excluding hydrogens is 432 g/mol. The highest BCUT2D eigenvalue weighted by Gasteiger charge is 2.21. The van der Waals surface area contributed by atoms with Crippen molar-refractivity contribution in [3.05, 3.63) is 108 Å². The lowest BCUT2D eigenvalue weighted by atomic mass is 10.1. The van der Waals surface area contributed by atoms with Crippen molar-refractivity contribution in [1.82, 2.24) is 0 Å². The van der Waals surface area contributed by atoms with Gasteiger partial charge in [-0.15, -0.1) is 0 Å². The van der Waals surface area contributed by atoms with Crippen LogP contribution in [0.5, 0.6) is 0 Å². The minimum Gasteiger partial charge on any atom is -0.271 e. The number of non-ortho nitro benzene ring substituents is 2. The van der Waals surface area contributed by atoms with Crippen LogP contribution in [0.4, 0.5) is 22.7 Å². The first-order valence-electron chi connectivity index (χ1n) is 9.63. The van der Waals surface area contributed by atoms with E-state index in [4.69, 9.17) is 0 Å². The summed E-state index contributed by atoms with van der Waals surface area (Å²) in [4.78, 5) is 31.4. The van der Waals surface area contributed by atoms with E-state index in [1.807, 2.05) is 36.6 Å². The van der Waals surface area contributed by atoms with Crippen LogP contribution in [0.25, 0.3) is 0 Å². The van der Waals surface area contributed by atoms with E-state index in [0.29, 0.717) is 11.3 Å². The molecule has 12 heteroatoms. The number of nitrogens with zero attached hydrogens (tertiary/aromatic N) is 5. The first-order valence-corrected chi connectivity index (χ1v) is 9.63. The highest BCUT2D eigenvalue weighted by atomic mass is 16.6. The number of pyridine rings is 1. The zero-order valence-electron chi connectivity index (χ0n) is 17.7. The molecule has 0 amide bonds. The predicted octanol–water partition coefficient (Wildman–Crippen LogP) is 3.83. The van der Waals surface area contributed by atoms with Crippen LogP contribution >= 0.6 is 0 Å². The summed E-state index contributed by atoms with van der Waals surface area (Å²) >= 11 is 0. The van der Waals surface area contributed by atoms with E-state index in [9.17, 15) is 30.3 Å². The van der Waals surface area contributed by atoms with Crippen molar-refractivity contribution in [3.63, 3.8) is 0 Å². The molecule has 0 saturated carbocycles. The number of nitrogens with one attached hydrogen (secondary N) is 1. The van der Waals surface area contributed by atoms with E-state index < -0.39 is 26.1 Å². The number of nitro groups is 3. The van der Waals surface area contributed by atoms with E-state index >= 15 is 0 Å². The standard InChI is InChI=1S/C21H19N6O6/c1-14-4-3-5-15(2)24(14)13-20(16-6-8-17(9-7-16)25(28)29)23-22-19-11-10-18(26(30)31)12-21(19)27(32)33/h3-12,22H,13H2,1-2H3/q+1. The molecule has 0 aliphatic rings. The molecule has 168 valence electrons. The van der Waals surface area contributed by atoms with Crippen molar-refractivity contribution in [2.45, 2.75) is 20.4 Å². The summed E-state index contributed by atoms with van der Waals surface area (Å²) in [5.41, 5.74) is 4.47. The van der Waals surface area contributed by atoms with Gasteiger partial charge in [0, 0.05) is 49.7 Å². The molecule has 0 radical (unpaired) electrons. The first kappa shape index (κ1) is 22.9. The molecule has 1 heterocycles. The molecule has 1 aromatic heterocycles. The summed E-state index contributed by atoms with van der Waals surface area (Å²) in [6.07, 6.45) is 0. The van der Waals surface area contributed by atoms with Gasteiger partial charge < -0.3 is 0 Å². The molecule has 33 heavy (non-hydrogen) atoms. The molecule has 12 nitrogen and oxygen atoms in total. The molecule has 0 bridgehead atoms. The highest BCUT2D eigenvalue weighted by Crippen LogP contribution is 2.29. The SMILES string of the molecule is Cc1cccc(C)[n+]1CC(=NNc1ccc([N+](=O)[O-])cc1[N+](=O)[O-])c1ccc([N+](=O)[O-])cc1. The molecule has 0 saturated heterocycles. The van der Waals surface area contributed by atoms with E-state index in [2.05, 4.69) is 10.5 Å². The number of aryl methyl sites for hydroxylation is 2. The summed E-state index contributed by atoms with van der Waals surface area (Å²) in [6.45, 7) is 4.09. The Balaban J connectivity index is 2.05. The van der Waals surface area contributed by atoms with Gasteiger partial charge in [0.2, 0.25) is 0 Å². The Morgan fingerprint density at radius 1 is 0.848 bits per heavy atom. The molecule has 0 aliphatic heterocycles. The van der Waals surface area contributed by atoms with Gasteiger partial charge in [-0.25, -0.2) is 0 Å². The fourth-order valence-corrected chi connectivity index (χ4v) is 3.16. The molecule has 0 aliphatic carbocycles. The maximum absolute atomic E-state index is 11.4. The second kappa shape index (κ2) is 9.60. The summed E-state index contributed by atoms with van der Waals surface area (Å²) in [5, 5.41) is 37.7. The maximum Gasteiger partial charge on any atom is 0.301 e. The smallest absolute Gasteiger partial charge is 0.271 e. The Bertz CT molecular complexity index is 1250. The first-order chi connectivity index (χ1) is 15.7. The number of nitro benzene ring substituents is 3. The Labute approximate surface area is 187 Å². The molecule has 3 aromatic rings. The molecule has 2 aromatic carbocycles. The number of hydrazone groups is 1. The van der Waals surface area contributed by atoms with Crippen LogP contribution in [0.2, 0.25) is 0 Å². The second-order valence-corrected chi connectivity index (χ2v) is 7.08. The highest BCUT2D eigenvalue weighted by molar-refractivity contribution is 6.00. The number of benzene rings is 2. The molecule has 0 fully saturated rings. The van der Waals surface area contributed by atoms with E-state index in [0.717, 1.165) is 23.5 Å². The fourth-order valence-electron chi connectivity index (χ4n) is 3.16. The summed E-state index contributed by atoms with van der Waals surface area (Å²) < 4.78 is 1.96. The topological polar surface area (TPSA) is 158 Å². The molecule has 0 spiro atoms. The number of anilines is 1. The van der Waals surface area contributed by atoms with Crippen molar-refractivity contribution < 1.29 is 19.3 Å². The largest absolute Gasteiger partial charge is 0.301 e. The van der Waals surface area contributed by atoms with E-state index in [-0.39, 0.29) is 17.9 Å². The Morgan fingerprint density at radius 3 is 1.97 bits per heavy atom. The van der Waals surface area contributed by atoms with Gasteiger partial charge in [-0.05, 0) is 24.3 Å². The van der Waals surface area contributed by atoms with Crippen LogP contribution in [-0.4, -0.2) is 20.5 Å². The van der Waals surface area contributed by atoms with Crippen LogP contribution in [0.1, 0.15) is 17.0 Å². The third kappa shape index (κ3) is 5.31. The van der Waals surface area contributed by atoms with E-state index in [1.165, 1.54) is 30.3 Å². The Morgan fingerprint density at radius 2 is 1.42 bits per heavy atom. The van der Waals surface area contributed by atoms with Crippen molar-refractivity contribution >= 4 is 28.5 Å². The zero-order valence-corrected chi connectivity index (χ0v) is 17.7. The summed E-state index contributed by atoms with van der Waals surface area (Å²) in [5.74, 6) is 0. The van der Waals surface area contributed by atoms with Crippen LogP contribution < -0.4 is 9.99 Å². The Hall–Kier alpha value is -4.74. The average Bonchev–Trinajstić information content (AvgIpc) is 2.78. The molecule has 1 N–H and O–H groups in total. The van der Waals surface area contributed by atoms with Gasteiger partial charge in [0.15, 0.2) is 17.9 Å². The lowest BCUT2D eigenvalue weighted by Gasteiger charge is -2.09. The van der Waals surface area contributed by atoms with Gasteiger partial charge in [-0.1, -0.05) is 0 Å². The van der Waals surface area contributed by atoms with Crippen LogP contribution in [0.3, 0.4) is 0 Å². The van der Waals surface area contributed by atoms with Gasteiger partial charge in [-0.2, -0.15) is 9.67 Å². The normalized spacial score (nSPS) is 11.2. The monoisotopic (exact) mass is 451 g/mol. The third-order valence-corrected chi connectivity index (χ3v) is 4.95. The van der Waals surface area contributed by atoms with Crippen LogP contribution in [0.15, 0.2) is 65.8 Å². The minimum atomic E-state index is -0.739. The van der Waals surface area contributed by atoms with Gasteiger partial charge >= 0.3 is 5.69 Å². The number of rotatable bonds is 8. The van der Waals surface area contributed by atoms with Crippen LogP contribution in [-0.2, 0) is 6.54 Å². The zero-order chi connectivity index (χ0) is 24.1. The lowest BCUT2D eigenvalue weighted by Crippen LogP contribution is -2.44. The van der Waals surface area contributed by atoms with E-state index in [1.54, 1.807) is 0 Å². The number of aromatic nitrogens is 1. The van der Waals surface area contributed by atoms with Gasteiger partial charge in [0.05, 0.1) is 20.8 Å². The fraction of sp³-hybridized carbons (Fsp3) is 0.143. The van der Waals surface area contributed by atoms with Gasteiger partial charge in [0.1, 0.15) is 11.4 Å². The third-order valence-electron chi connectivity index (χ3n) is 4.95. The maximum atomic E-state index is 11.4. The summed E-state index contributed by atoms with van der Waals surface area (Å²) in [7, 11) is 0. The average molecular weight is 451 g/mol. The van der Waals surface area contributed by atoms with Crippen molar-refractivity contribution in [3.8, 4) is 0 Å². The quantitative estimate of drug-likeness (QED) is 0.236. The molecule has 0 unspecified atom stereocenters. The number of hydrogen-bond acceptors (Lipinski definition) is 8. The summed E-state index contributed by atoms with van der Waals surface area (Å²) in [6, 6.07) is 14.7. The number of hydrogen-bond donors (Lipinski definition) is 1. The van der Waals surface area contributed by atoms with Crippen molar-refractivity contribution in [1.29, 1.82) is 0 Å².